The smallest absolute Gasteiger partial charge is 0.179 e. The molecule has 2 atom stereocenters. The molecule has 4 nitrogen and oxygen atoms in total. The number of rotatable bonds is 5. The third kappa shape index (κ3) is 2.80. The van der Waals surface area contributed by atoms with Gasteiger partial charge in [-0.05, 0) is 44.4 Å². The minimum Gasteiger partial charge on any atom is -0.486 e. The number of ether oxygens (including phenoxy) is 1. The number of Topliss-reactive ketones (excluding diaryl/α,β-unsaturated/α-hetero) is 1. The molecule has 20 heavy (non-hydrogen) atoms. The van der Waals surface area contributed by atoms with Crippen molar-refractivity contribution in [3.8, 4) is 5.75 Å². The molecule has 1 aliphatic carbocycles. The molecule has 1 aromatic rings. The van der Waals surface area contributed by atoms with Crippen molar-refractivity contribution in [3.05, 3.63) is 23.8 Å². The van der Waals surface area contributed by atoms with E-state index in [4.69, 9.17) is 4.74 Å². The molecule has 108 valence electrons. The minimum absolute atomic E-state index is 0.117. The van der Waals surface area contributed by atoms with E-state index in [1.54, 1.807) is 0 Å². The summed E-state index contributed by atoms with van der Waals surface area (Å²) >= 11 is 0. The Morgan fingerprint density at radius 1 is 1.50 bits per heavy atom. The van der Waals surface area contributed by atoms with Crippen LogP contribution in [0.2, 0.25) is 0 Å². The first kappa shape index (κ1) is 13.4. The van der Waals surface area contributed by atoms with E-state index in [0.29, 0.717) is 6.04 Å². The molecule has 0 saturated heterocycles. The van der Waals surface area contributed by atoms with E-state index in [1.807, 2.05) is 25.1 Å². The van der Waals surface area contributed by atoms with Crippen LogP contribution in [0.3, 0.4) is 0 Å². The molecule has 3 rings (SSSR count). The maximum Gasteiger partial charge on any atom is 0.179 e. The fraction of sp³-hybridized carbons (Fsp3) is 0.562. The van der Waals surface area contributed by atoms with E-state index in [1.165, 1.54) is 12.8 Å². The lowest BCUT2D eigenvalue weighted by atomic mass is 10.0. The lowest BCUT2D eigenvalue weighted by Crippen LogP contribution is -2.35. The maximum atomic E-state index is 12.4. The first-order valence-corrected chi connectivity index (χ1v) is 7.52. The van der Waals surface area contributed by atoms with Crippen LogP contribution in [-0.4, -0.2) is 30.5 Å². The number of hydrogen-bond acceptors (Lipinski definition) is 4. The number of anilines is 1. The normalized spacial score (nSPS) is 22.4. The minimum atomic E-state index is -0.117. The fourth-order valence-corrected chi connectivity index (χ4v) is 2.53. The summed E-state index contributed by atoms with van der Waals surface area (Å²) < 4.78 is 5.86. The van der Waals surface area contributed by atoms with Crippen molar-refractivity contribution in [1.82, 2.24) is 5.32 Å². The van der Waals surface area contributed by atoms with Gasteiger partial charge in [-0.1, -0.05) is 6.92 Å². The summed E-state index contributed by atoms with van der Waals surface area (Å²) in [5, 5.41) is 6.70. The maximum absolute atomic E-state index is 12.4. The molecule has 1 aliphatic heterocycles. The van der Waals surface area contributed by atoms with Crippen LogP contribution >= 0.6 is 0 Å². The standard InChI is InChI=1S/C16H22N2O2/c1-3-13-9-17-14-8-11(4-7-15(14)20-13)16(19)10(2)18-12-5-6-12/h4,7-8,10,12-13,17-18H,3,5-6,9H2,1-2H3. The molecule has 2 unspecified atom stereocenters. The number of ketones is 1. The molecule has 1 saturated carbocycles. The molecule has 2 aliphatic rings. The van der Waals surface area contributed by atoms with Gasteiger partial charge in [-0.15, -0.1) is 0 Å². The van der Waals surface area contributed by atoms with Crippen molar-refractivity contribution >= 4 is 11.5 Å². The average Bonchev–Trinajstić information content (AvgIpc) is 3.29. The van der Waals surface area contributed by atoms with Gasteiger partial charge in [-0.2, -0.15) is 0 Å². The molecule has 0 aromatic heterocycles. The van der Waals surface area contributed by atoms with Crippen LogP contribution in [0.5, 0.6) is 5.75 Å². The van der Waals surface area contributed by atoms with Crippen molar-refractivity contribution in [2.45, 2.75) is 51.3 Å². The predicted octanol–water partition coefficient (Wildman–Crippen LogP) is 2.59. The van der Waals surface area contributed by atoms with Crippen LogP contribution in [-0.2, 0) is 0 Å². The average molecular weight is 274 g/mol. The Labute approximate surface area is 119 Å². The second kappa shape index (κ2) is 5.44. The van der Waals surface area contributed by atoms with Crippen molar-refractivity contribution in [1.29, 1.82) is 0 Å². The molecule has 0 bridgehead atoms. The molecule has 1 fully saturated rings. The van der Waals surface area contributed by atoms with E-state index in [2.05, 4.69) is 17.6 Å². The van der Waals surface area contributed by atoms with Gasteiger partial charge in [0.15, 0.2) is 5.78 Å². The molecule has 0 radical (unpaired) electrons. The quantitative estimate of drug-likeness (QED) is 0.810. The Kier molecular flexibility index (Phi) is 3.66. The summed E-state index contributed by atoms with van der Waals surface area (Å²) in [6.07, 6.45) is 3.58. The number of carbonyl (C=O) groups excluding carboxylic acids is 1. The molecule has 4 heteroatoms. The number of benzene rings is 1. The summed E-state index contributed by atoms with van der Waals surface area (Å²) in [5.41, 5.74) is 1.68. The highest BCUT2D eigenvalue weighted by atomic mass is 16.5. The summed E-state index contributed by atoms with van der Waals surface area (Å²) in [6.45, 7) is 4.86. The molecular formula is C16H22N2O2. The molecular weight excluding hydrogens is 252 g/mol. The monoisotopic (exact) mass is 274 g/mol. The third-order valence-electron chi connectivity index (χ3n) is 3.99. The van der Waals surface area contributed by atoms with Crippen molar-refractivity contribution < 1.29 is 9.53 Å². The summed E-state index contributed by atoms with van der Waals surface area (Å²) in [7, 11) is 0. The first-order chi connectivity index (χ1) is 9.67. The van der Waals surface area contributed by atoms with Crippen molar-refractivity contribution in [2.24, 2.45) is 0 Å². The number of nitrogens with one attached hydrogen (secondary N) is 2. The second-order valence-corrected chi connectivity index (χ2v) is 5.77. The molecule has 2 N–H and O–H groups in total. The zero-order valence-corrected chi connectivity index (χ0v) is 12.1. The summed E-state index contributed by atoms with van der Waals surface area (Å²) in [6, 6.07) is 6.11. The SMILES string of the molecule is CCC1CNc2cc(C(=O)C(C)NC3CC3)ccc2O1. The van der Waals surface area contributed by atoms with Crippen LogP contribution in [0.15, 0.2) is 18.2 Å². The van der Waals surface area contributed by atoms with Gasteiger partial charge >= 0.3 is 0 Å². The lowest BCUT2D eigenvalue weighted by molar-refractivity contribution is 0.0950. The van der Waals surface area contributed by atoms with Crippen LogP contribution in [0, 0.1) is 0 Å². The Balaban J connectivity index is 1.73. The molecule has 1 aromatic carbocycles. The fourth-order valence-electron chi connectivity index (χ4n) is 2.53. The topological polar surface area (TPSA) is 50.4 Å². The van der Waals surface area contributed by atoms with E-state index >= 15 is 0 Å². The van der Waals surface area contributed by atoms with E-state index in [9.17, 15) is 4.79 Å². The highest BCUT2D eigenvalue weighted by Gasteiger charge is 2.27. The lowest BCUT2D eigenvalue weighted by Gasteiger charge is -2.27. The van der Waals surface area contributed by atoms with Gasteiger partial charge in [0.1, 0.15) is 11.9 Å². The molecule has 1 heterocycles. The van der Waals surface area contributed by atoms with E-state index < -0.39 is 0 Å². The Morgan fingerprint density at radius 2 is 2.30 bits per heavy atom. The van der Waals surface area contributed by atoms with Gasteiger partial charge < -0.3 is 15.4 Å². The van der Waals surface area contributed by atoms with Gasteiger partial charge in [0.05, 0.1) is 18.3 Å². The van der Waals surface area contributed by atoms with E-state index in [-0.39, 0.29) is 17.9 Å². The van der Waals surface area contributed by atoms with Crippen LogP contribution in [0.25, 0.3) is 0 Å². The largest absolute Gasteiger partial charge is 0.486 e. The Hall–Kier alpha value is -1.55. The van der Waals surface area contributed by atoms with Gasteiger partial charge in [0.2, 0.25) is 0 Å². The van der Waals surface area contributed by atoms with E-state index in [0.717, 1.165) is 30.0 Å². The van der Waals surface area contributed by atoms with Crippen molar-refractivity contribution in [3.63, 3.8) is 0 Å². The third-order valence-corrected chi connectivity index (χ3v) is 3.99. The van der Waals surface area contributed by atoms with Gasteiger partial charge in [-0.25, -0.2) is 0 Å². The van der Waals surface area contributed by atoms with Gasteiger partial charge in [0.25, 0.3) is 0 Å². The van der Waals surface area contributed by atoms with Crippen LogP contribution in [0.4, 0.5) is 5.69 Å². The van der Waals surface area contributed by atoms with Gasteiger partial charge in [-0.3, -0.25) is 4.79 Å². The summed E-state index contributed by atoms with van der Waals surface area (Å²) in [5.74, 6) is 1.00. The highest BCUT2D eigenvalue weighted by molar-refractivity contribution is 6.01. The first-order valence-electron chi connectivity index (χ1n) is 7.52. The number of carbonyl (C=O) groups is 1. The zero-order chi connectivity index (χ0) is 14.1. The number of fused-ring (bicyclic) bond motifs is 1. The Bertz CT molecular complexity index is 511. The molecule has 0 spiro atoms. The number of hydrogen-bond donors (Lipinski definition) is 2. The Morgan fingerprint density at radius 3 is 3.00 bits per heavy atom. The molecule has 0 amide bonds. The van der Waals surface area contributed by atoms with Crippen LogP contribution < -0.4 is 15.4 Å². The summed E-state index contributed by atoms with van der Waals surface area (Å²) in [4.78, 5) is 12.4. The second-order valence-electron chi connectivity index (χ2n) is 5.77. The predicted molar refractivity (Wildman–Crippen MR) is 79.6 cm³/mol. The zero-order valence-electron chi connectivity index (χ0n) is 12.1. The highest BCUT2D eigenvalue weighted by Crippen LogP contribution is 2.31. The van der Waals surface area contributed by atoms with Gasteiger partial charge in [0, 0.05) is 11.6 Å². The van der Waals surface area contributed by atoms with Crippen molar-refractivity contribution in [2.75, 3.05) is 11.9 Å². The van der Waals surface area contributed by atoms with Crippen LogP contribution in [0.1, 0.15) is 43.5 Å².